The topological polar surface area (TPSA) is 82.1 Å². The van der Waals surface area contributed by atoms with Gasteiger partial charge in [-0.15, -0.1) is 0 Å². The standard InChI is InChI=1S/C35H36O6/c1-5-25(26-9-7-6-8-10-26)22-35(2,3)32-21-27(33(37)40-30-18-16-28(39-4)17-19-30)13-20-31(32)34(38)41-29-14-11-24(23-36)12-15-29/h6-21,25,36H,5,22-23H2,1-4H3. The summed E-state index contributed by atoms with van der Waals surface area (Å²) in [5, 5.41) is 9.33. The highest BCUT2D eigenvalue weighted by molar-refractivity contribution is 5.96. The van der Waals surface area contributed by atoms with Crippen LogP contribution in [0.2, 0.25) is 0 Å². The molecule has 4 aromatic carbocycles. The Morgan fingerprint density at radius 3 is 1.95 bits per heavy atom. The van der Waals surface area contributed by atoms with Crippen molar-refractivity contribution in [2.24, 2.45) is 0 Å². The van der Waals surface area contributed by atoms with Crippen LogP contribution in [0.15, 0.2) is 97.1 Å². The third kappa shape index (κ3) is 7.41. The molecular formula is C35H36O6. The molecule has 0 heterocycles. The molecule has 0 fully saturated rings. The molecule has 0 saturated heterocycles. The molecule has 1 unspecified atom stereocenters. The first-order chi connectivity index (χ1) is 19.7. The van der Waals surface area contributed by atoms with Crippen LogP contribution in [0, 0.1) is 0 Å². The Balaban J connectivity index is 1.68. The molecule has 0 saturated carbocycles. The van der Waals surface area contributed by atoms with E-state index >= 15 is 0 Å². The summed E-state index contributed by atoms with van der Waals surface area (Å²) in [6.45, 7) is 6.22. The molecule has 0 bridgehead atoms. The fourth-order valence-electron chi connectivity index (χ4n) is 4.99. The van der Waals surface area contributed by atoms with Crippen molar-refractivity contribution in [3.05, 3.63) is 125 Å². The third-order valence-electron chi connectivity index (χ3n) is 7.31. The number of aliphatic hydroxyl groups excluding tert-OH is 1. The highest BCUT2D eigenvalue weighted by atomic mass is 16.5. The number of aliphatic hydroxyl groups is 1. The first-order valence-corrected chi connectivity index (χ1v) is 13.7. The SMILES string of the molecule is CCC(CC(C)(C)c1cc(C(=O)Oc2ccc(OC)cc2)ccc1C(=O)Oc1ccc(CO)cc1)c1ccccc1. The molecule has 41 heavy (non-hydrogen) atoms. The normalized spacial score (nSPS) is 11.9. The van der Waals surface area contributed by atoms with Crippen molar-refractivity contribution < 1.29 is 28.9 Å². The van der Waals surface area contributed by atoms with Gasteiger partial charge in [0.05, 0.1) is 24.8 Å². The van der Waals surface area contributed by atoms with Crippen LogP contribution in [0.4, 0.5) is 0 Å². The van der Waals surface area contributed by atoms with Gasteiger partial charge in [0.15, 0.2) is 0 Å². The van der Waals surface area contributed by atoms with Gasteiger partial charge in [-0.2, -0.15) is 0 Å². The zero-order valence-electron chi connectivity index (χ0n) is 23.9. The molecule has 0 spiro atoms. The fourth-order valence-corrected chi connectivity index (χ4v) is 4.99. The van der Waals surface area contributed by atoms with E-state index in [0.29, 0.717) is 33.9 Å². The second-order valence-electron chi connectivity index (χ2n) is 10.6. The Morgan fingerprint density at radius 2 is 1.37 bits per heavy atom. The largest absolute Gasteiger partial charge is 0.497 e. The number of benzene rings is 4. The zero-order chi connectivity index (χ0) is 29.4. The Kier molecular flexibility index (Phi) is 9.58. The van der Waals surface area contributed by atoms with E-state index in [2.05, 4.69) is 32.9 Å². The minimum atomic E-state index is -0.526. The molecule has 0 aromatic heterocycles. The van der Waals surface area contributed by atoms with E-state index in [-0.39, 0.29) is 12.5 Å². The van der Waals surface area contributed by atoms with Crippen molar-refractivity contribution in [2.75, 3.05) is 7.11 Å². The van der Waals surface area contributed by atoms with Crippen LogP contribution in [-0.2, 0) is 12.0 Å². The summed E-state index contributed by atoms with van der Waals surface area (Å²) in [4.78, 5) is 26.7. The summed E-state index contributed by atoms with van der Waals surface area (Å²) in [6, 6.07) is 28.8. The van der Waals surface area contributed by atoms with Crippen LogP contribution in [0.3, 0.4) is 0 Å². The molecule has 0 amide bonds. The molecule has 6 heteroatoms. The molecule has 0 aliphatic heterocycles. The predicted octanol–water partition coefficient (Wildman–Crippen LogP) is 7.49. The van der Waals surface area contributed by atoms with Crippen LogP contribution in [0.5, 0.6) is 17.2 Å². The van der Waals surface area contributed by atoms with Gasteiger partial charge in [0.25, 0.3) is 0 Å². The van der Waals surface area contributed by atoms with E-state index in [1.165, 1.54) is 5.56 Å². The maximum absolute atomic E-state index is 13.5. The van der Waals surface area contributed by atoms with E-state index < -0.39 is 17.4 Å². The summed E-state index contributed by atoms with van der Waals surface area (Å²) in [7, 11) is 1.57. The van der Waals surface area contributed by atoms with Crippen LogP contribution in [0.25, 0.3) is 0 Å². The van der Waals surface area contributed by atoms with Crippen LogP contribution < -0.4 is 14.2 Å². The molecule has 1 N–H and O–H groups in total. The van der Waals surface area contributed by atoms with Crippen molar-refractivity contribution in [1.29, 1.82) is 0 Å². The lowest BCUT2D eigenvalue weighted by Gasteiger charge is -2.32. The number of carbonyl (C=O) groups excluding carboxylic acids is 2. The lowest BCUT2D eigenvalue weighted by molar-refractivity contribution is 0.0718. The average Bonchev–Trinajstić information content (AvgIpc) is 3.00. The number of esters is 2. The van der Waals surface area contributed by atoms with Gasteiger partial charge >= 0.3 is 11.9 Å². The minimum Gasteiger partial charge on any atom is -0.497 e. The number of hydrogen-bond donors (Lipinski definition) is 1. The summed E-state index contributed by atoms with van der Waals surface area (Å²) in [6.07, 6.45) is 1.67. The molecule has 212 valence electrons. The summed E-state index contributed by atoms with van der Waals surface area (Å²) in [5.74, 6) is 0.619. The lowest BCUT2D eigenvalue weighted by Crippen LogP contribution is -2.26. The minimum absolute atomic E-state index is 0.0966. The number of methoxy groups -OCH3 is 1. The maximum Gasteiger partial charge on any atom is 0.343 e. The number of hydrogen-bond acceptors (Lipinski definition) is 6. The number of rotatable bonds is 11. The molecule has 0 aliphatic carbocycles. The Labute approximate surface area is 241 Å². The van der Waals surface area contributed by atoms with Crippen molar-refractivity contribution in [3.8, 4) is 17.2 Å². The predicted molar refractivity (Wildman–Crippen MR) is 159 cm³/mol. The summed E-state index contributed by atoms with van der Waals surface area (Å²) < 4.78 is 16.5. The van der Waals surface area contributed by atoms with Crippen molar-refractivity contribution in [2.45, 2.75) is 51.6 Å². The highest BCUT2D eigenvalue weighted by Gasteiger charge is 2.31. The van der Waals surface area contributed by atoms with Gasteiger partial charge in [-0.3, -0.25) is 0 Å². The van der Waals surface area contributed by atoms with Gasteiger partial charge < -0.3 is 19.3 Å². The average molecular weight is 553 g/mol. The summed E-state index contributed by atoms with van der Waals surface area (Å²) in [5.41, 5.74) is 2.87. The Hall–Kier alpha value is -4.42. The smallest absolute Gasteiger partial charge is 0.343 e. The quantitative estimate of drug-likeness (QED) is 0.153. The van der Waals surface area contributed by atoms with Crippen LogP contribution in [0.1, 0.15) is 76.9 Å². The van der Waals surface area contributed by atoms with Crippen LogP contribution >= 0.6 is 0 Å². The van der Waals surface area contributed by atoms with Crippen molar-refractivity contribution in [3.63, 3.8) is 0 Å². The van der Waals surface area contributed by atoms with Gasteiger partial charge in [0.2, 0.25) is 0 Å². The van der Waals surface area contributed by atoms with Gasteiger partial charge in [0, 0.05) is 0 Å². The highest BCUT2D eigenvalue weighted by Crippen LogP contribution is 2.39. The van der Waals surface area contributed by atoms with E-state index in [1.54, 1.807) is 73.8 Å². The molecule has 4 aromatic rings. The first kappa shape index (κ1) is 29.6. The van der Waals surface area contributed by atoms with E-state index in [4.69, 9.17) is 14.2 Å². The fraction of sp³-hybridized carbons (Fsp3) is 0.257. The molecule has 0 aliphatic rings. The maximum atomic E-state index is 13.5. The van der Waals surface area contributed by atoms with Crippen molar-refractivity contribution >= 4 is 11.9 Å². The molecular weight excluding hydrogens is 516 g/mol. The van der Waals surface area contributed by atoms with E-state index in [9.17, 15) is 14.7 Å². The lowest BCUT2D eigenvalue weighted by atomic mass is 9.72. The number of carbonyl (C=O) groups is 2. The molecule has 0 radical (unpaired) electrons. The van der Waals surface area contributed by atoms with Gasteiger partial charge in [-0.1, -0.05) is 63.2 Å². The first-order valence-electron chi connectivity index (χ1n) is 13.7. The zero-order valence-corrected chi connectivity index (χ0v) is 23.9. The second kappa shape index (κ2) is 13.3. The Bertz CT molecular complexity index is 1460. The van der Waals surface area contributed by atoms with Crippen molar-refractivity contribution in [1.82, 2.24) is 0 Å². The van der Waals surface area contributed by atoms with Gasteiger partial charge in [-0.25, -0.2) is 9.59 Å². The van der Waals surface area contributed by atoms with Gasteiger partial charge in [0.1, 0.15) is 17.2 Å². The van der Waals surface area contributed by atoms with Gasteiger partial charge in [-0.05, 0) is 95.5 Å². The molecule has 4 rings (SSSR count). The Morgan fingerprint density at radius 1 is 0.780 bits per heavy atom. The van der Waals surface area contributed by atoms with E-state index in [0.717, 1.165) is 18.4 Å². The number of ether oxygens (including phenoxy) is 3. The van der Waals surface area contributed by atoms with Crippen LogP contribution in [-0.4, -0.2) is 24.2 Å². The third-order valence-corrected chi connectivity index (χ3v) is 7.31. The van der Waals surface area contributed by atoms with E-state index in [1.807, 2.05) is 18.2 Å². The second-order valence-corrected chi connectivity index (χ2v) is 10.6. The summed E-state index contributed by atoms with van der Waals surface area (Å²) >= 11 is 0. The molecule has 6 nitrogen and oxygen atoms in total. The molecule has 1 atom stereocenters. The monoisotopic (exact) mass is 552 g/mol.